The predicted octanol–water partition coefficient (Wildman–Crippen LogP) is 4.73. The third-order valence-electron chi connectivity index (χ3n) is 3.48. The molecule has 0 radical (unpaired) electrons. The molecule has 1 aromatic heterocycles. The van der Waals surface area contributed by atoms with Gasteiger partial charge in [0.2, 0.25) is 0 Å². The van der Waals surface area contributed by atoms with E-state index >= 15 is 0 Å². The van der Waals surface area contributed by atoms with Gasteiger partial charge in [-0.1, -0.05) is 49.7 Å². The number of aryl methyl sites for hydroxylation is 1. The van der Waals surface area contributed by atoms with E-state index in [0.717, 1.165) is 17.5 Å². The first kappa shape index (κ1) is 11.2. The molecule has 0 aliphatic heterocycles. The van der Waals surface area contributed by atoms with Gasteiger partial charge in [0.05, 0.1) is 11.0 Å². The average molecular weight is 235 g/mol. The summed E-state index contributed by atoms with van der Waals surface area (Å²) in [5.74, 6) is 0. The second-order valence-corrected chi connectivity index (χ2v) is 4.73. The summed E-state index contributed by atoms with van der Waals surface area (Å²) in [7, 11) is 0. The van der Waals surface area contributed by atoms with Gasteiger partial charge in [0.1, 0.15) is 0 Å². The molecule has 0 saturated heterocycles. The maximum absolute atomic E-state index is 4.75. The van der Waals surface area contributed by atoms with E-state index in [-0.39, 0.29) is 0 Å². The van der Waals surface area contributed by atoms with E-state index in [2.05, 4.69) is 55.5 Å². The molecular weight excluding hydrogens is 218 g/mol. The Morgan fingerprint density at radius 1 is 0.833 bits per heavy atom. The summed E-state index contributed by atoms with van der Waals surface area (Å²) in [4.78, 5) is 4.75. The van der Waals surface area contributed by atoms with Crippen molar-refractivity contribution in [2.75, 3.05) is 0 Å². The van der Waals surface area contributed by atoms with Crippen molar-refractivity contribution in [2.24, 2.45) is 0 Å². The van der Waals surface area contributed by atoms with Crippen LogP contribution in [-0.4, -0.2) is 4.98 Å². The molecule has 0 atom stereocenters. The number of aromatic nitrogens is 1. The van der Waals surface area contributed by atoms with Gasteiger partial charge in [-0.2, -0.15) is 0 Å². The van der Waals surface area contributed by atoms with E-state index in [1.807, 2.05) is 0 Å². The minimum absolute atomic E-state index is 1.11. The lowest BCUT2D eigenvalue weighted by Crippen LogP contribution is -1.92. The van der Waals surface area contributed by atoms with Crippen LogP contribution in [0.3, 0.4) is 0 Å². The number of fused-ring (bicyclic) bond motifs is 2. The maximum atomic E-state index is 4.75. The van der Waals surface area contributed by atoms with Crippen LogP contribution in [0.2, 0.25) is 0 Å². The van der Waals surface area contributed by atoms with Gasteiger partial charge in [-0.15, -0.1) is 0 Å². The van der Waals surface area contributed by atoms with Gasteiger partial charge >= 0.3 is 0 Å². The van der Waals surface area contributed by atoms with Crippen LogP contribution < -0.4 is 0 Å². The molecule has 0 spiro atoms. The molecule has 0 amide bonds. The summed E-state index contributed by atoms with van der Waals surface area (Å²) < 4.78 is 0. The molecule has 0 fully saturated rings. The van der Waals surface area contributed by atoms with E-state index in [1.165, 1.54) is 29.2 Å². The van der Waals surface area contributed by atoms with E-state index in [4.69, 9.17) is 4.98 Å². The van der Waals surface area contributed by atoms with Gasteiger partial charge in [-0.25, -0.2) is 4.98 Å². The van der Waals surface area contributed by atoms with Gasteiger partial charge in [-0.3, -0.25) is 0 Å². The zero-order valence-electron chi connectivity index (χ0n) is 10.7. The Morgan fingerprint density at radius 3 is 1.94 bits per heavy atom. The van der Waals surface area contributed by atoms with Gasteiger partial charge in [0.15, 0.2) is 0 Å². The van der Waals surface area contributed by atoms with Crippen LogP contribution in [-0.2, 0) is 6.42 Å². The fourth-order valence-corrected chi connectivity index (χ4v) is 2.55. The van der Waals surface area contributed by atoms with Crippen molar-refractivity contribution >= 4 is 21.8 Å². The fourth-order valence-electron chi connectivity index (χ4n) is 2.55. The Bertz CT molecular complexity index is 631. The standard InChI is InChI=1S/C17H17N/c1-2-3-8-13-14-9-4-6-11-16(14)18-17-12-7-5-10-15(13)17/h4-7,9-12H,2-3,8H2,1H3. The molecule has 18 heavy (non-hydrogen) atoms. The van der Waals surface area contributed by atoms with Crippen molar-refractivity contribution in [1.82, 2.24) is 4.98 Å². The molecule has 1 nitrogen and oxygen atoms in total. The lowest BCUT2D eigenvalue weighted by atomic mass is 9.98. The van der Waals surface area contributed by atoms with Crippen LogP contribution in [0.25, 0.3) is 21.8 Å². The Morgan fingerprint density at radius 2 is 1.39 bits per heavy atom. The zero-order chi connectivity index (χ0) is 12.4. The maximum Gasteiger partial charge on any atom is 0.0712 e. The predicted molar refractivity (Wildman–Crippen MR) is 77.9 cm³/mol. The molecular formula is C17H17N. The van der Waals surface area contributed by atoms with E-state index < -0.39 is 0 Å². The molecule has 1 heteroatoms. The zero-order valence-corrected chi connectivity index (χ0v) is 10.7. The Labute approximate surface area is 107 Å². The van der Waals surface area contributed by atoms with E-state index in [0.29, 0.717) is 0 Å². The Kier molecular flexibility index (Phi) is 2.97. The van der Waals surface area contributed by atoms with Crippen molar-refractivity contribution in [2.45, 2.75) is 26.2 Å². The summed E-state index contributed by atoms with van der Waals surface area (Å²) in [6.07, 6.45) is 3.60. The van der Waals surface area contributed by atoms with E-state index in [1.54, 1.807) is 0 Å². The third kappa shape index (κ3) is 1.86. The van der Waals surface area contributed by atoms with Crippen LogP contribution in [0, 0.1) is 0 Å². The molecule has 2 aromatic carbocycles. The van der Waals surface area contributed by atoms with Crippen molar-refractivity contribution in [3.63, 3.8) is 0 Å². The van der Waals surface area contributed by atoms with Crippen molar-refractivity contribution < 1.29 is 0 Å². The van der Waals surface area contributed by atoms with Gasteiger partial charge in [0.25, 0.3) is 0 Å². The van der Waals surface area contributed by atoms with E-state index in [9.17, 15) is 0 Å². The highest BCUT2D eigenvalue weighted by Crippen LogP contribution is 2.27. The number of unbranched alkanes of at least 4 members (excludes halogenated alkanes) is 1. The number of pyridine rings is 1. The highest BCUT2D eigenvalue weighted by molar-refractivity contribution is 5.97. The SMILES string of the molecule is CCCCc1c2ccccc2nc2ccccc12. The molecule has 1 heterocycles. The molecule has 0 aliphatic rings. The van der Waals surface area contributed by atoms with Crippen LogP contribution in [0.15, 0.2) is 48.5 Å². The van der Waals surface area contributed by atoms with Gasteiger partial charge in [0, 0.05) is 10.8 Å². The molecule has 90 valence electrons. The quantitative estimate of drug-likeness (QED) is 0.598. The number of nitrogens with zero attached hydrogens (tertiary/aromatic N) is 1. The highest BCUT2D eigenvalue weighted by Gasteiger charge is 2.07. The molecule has 0 N–H and O–H groups in total. The van der Waals surface area contributed by atoms with Gasteiger partial charge in [-0.05, 0) is 30.5 Å². The summed E-state index contributed by atoms with van der Waals surface area (Å²) in [6.45, 7) is 2.24. The highest BCUT2D eigenvalue weighted by atomic mass is 14.7. The third-order valence-corrected chi connectivity index (χ3v) is 3.48. The minimum Gasteiger partial charge on any atom is -0.248 e. The van der Waals surface area contributed by atoms with Crippen molar-refractivity contribution in [3.05, 3.63) is 54.1 Å². The summed E-state index contributed by atoms with van der Waals surface area (Å²) in [5, 5.41) is 2.62. The first-order chi connectivity index (χ1) is 8.90. The Hall–Kier alpha value is -1.89. The van der Waals surface area contributed by atoms with Gasteiger partial charge < -0.3 is 0 Å². The molecule has 0 saturated carbocycles. The normalized spacial score (nSPS) is 11.2. The number of para-hydroxylation sites is 2. The minimum atomic E-state index is 1.11. The number of rotatable bonds is 3. The molecule has 3 rings (SSSR count). The molecule has 0 bridgehead atoms. The number of benzene rings is 2. The number of hydrogen-bond donors (Lipinski definition) is 0. The molecule has 0 unspecified atom stereocenters. The lowest BCUT2D eigenvalue weighted by molar-refractivity contribution is 0.802. The summed E-state index contributed by atoms with van der Waals surface area (Å²) in [5.41, 5.74) is 3.68. The van der Waals surface area contributed by atoms with Crippen LogP contribution >= 0.6 is 0 Å². The lowest BCUT2D eigenvalue weighted by Gasteiger charge is -2.10. The summed E-state index contributed by atoms with van der Waals surface area (Å²) >= 11 is 0. The Balaban J connectivity index is 2.34. The van der Waals surface area contributed by atoms with Crippen LogP contribution in [0.4, 0.5) is 0 Å². The monoisotopic (exact) mass is 235 g/mol. The topological polar surface area (TPSA) is 12.9 Å². The van der Waals surface area contributed by atoms with Crippen molar-refractivity contribution in [3.8, 4) is 0 Å². The average Bonchev–Trinajstić information content (AvgIpc) is 2.43. The second-order valence-electron chi connectivity index (χ2n) is 4.73. The largest absolute Gasteiger partial charge is 0.248 e. The number of hydrogen-bond acceptors (Lipinski definition) is 1. The van der Waals surface area contributed by atoms with Crippen LogP contribution in [0.1, 0.15) is 25.3 Å². The first-order valence-corrected chi connectivity index (χ1v) is 6.66. The van der Waals surface area contributed by atoms with Crippen molar-refractivity contribution in [1.29, 1.82) is 0 Å². The summed E-state index contributed by atoms with van der Waals surface area (Å²) in [6, 6.07) is 16.9. The fraction of sp³-hybridized carbons (Fsp3) is 0.235. The first-order valence-electron chi connectivity index (χ1n) is 6.66. The molecule has 0 aliphatic carbocycles. The molecule has 3 aromatic rings. The van der Waals surface area contributed by atoms with Crippen LogP contribution in [0.5, 0.6) is 0 Å². The smallest absolute Gasteiger partial charge is 0.0712 e. The second kappa shape index (κ2) is 4.77.